The summed E-state index contributed by atoms with van der Waals surface area (Å²) >= 11 is 3.29. The zero-order valence-corrected chi connectivity index (χ0v) is 11.9. The first kappa shape index (κ1) is 13.7. The van der Waals surface area contributed by atoms with Gasteiger partial charge in [-0.2, -0.15) is 0 Å². The van der Waals surface area contributed by atoms with Crippen LogP contribution in [0.3, 0.4) is 0 Å². The average Bonchev–Trinajstić information content (AvgIpc) is 2.39. The molecule has 1 aliphatic heterocycles. The molecule has 1 unspecified atom stereocenters. The van der Waals surface area contributed by atoms with Crippen LogP contribution in [0.25, 0.3) is 0 Å². The Morgan fingerprint density at radius 2 is 2.16 bits per heavy atom. The van der Waals surface area contributed by atoms with E-state index < -0.39 is 6.04 Å². The third-order valence-electron chi connectivity index (χ3n) is 3.04. The highest BCUT2D eigenvalue weighted by atomic mass is 79.9. The lowest BCUT2D eigenvalue weighted by atomic mass is 10.0. The second-order valence-electron chi connectivity index (χ2n) is 4.37. The van der Waals surface area contributed by atoms with Crippen LogP contribution in [0.1, 0.15) is 23.2 Å². The summed E-state index contributed by atoms with van der Waals surface area (Å²) in [6.07, 6.45) is 0.618. The van der Waals surface area contributed by atoms with Crippen molar-refractivity contribution in [3.05, 3.63) is 34.3 Å². The SMILES string of the molecule is CN1C(=O)CCC(NC(=O)c2cccc(Br)c2)C1=O. The first-order chi connectivity index (χ1) is 8.99. The predicted molar refractivity (Wildman–Crippen MR) is 72.4 cm³/mol. The standard InChI is InChI=1S/C13H13BrN2O3/c1-16-11(17)6-5-10(13(16)19)15-12(18)8-3-2-4-9(14)7-8/h2-4,7,10H,5-6H2,1H3,(H,15,18). The van der Waals surface area contributed by atoms with Crippen LogP contribution in [0.5, 0.6) is 0 Å². The molecule has 6 heteroatoms. The molecule has 0 spiro atoms. The quantitative estimate of drug-likeness (QED) is 0.834. The highest BCUT2D eigenvalue weighted by Crippen LogP contribution is 2.14. The van der Waals surface area contributed by atoms with Gasteiger partial charge in [0, 0.05) is 23.5 Å². The predicted octanol–water partition coefficient (Wildman–Crippen LogP) is 1.33. The lowest BCUT2D eigenvalue weighted by molar-refractivity contribution is -0.147. The van der Waals surface area contributed by atoms with Gasteiger partial charge >= 0.3 is 0 Å². The van der Waals surface area contributed by atoms with Crippen molar-refractivity contribution in [3.8, 4) is 0 Å². The number of hydrogen-bond acceptors (Lipinski definition) is 3. The van der Waals surface area contributed by atoms with Gasteiger partial charge < -0.3 is 5.32 Å². The summed E-state index contributed by atoms with van der Waals surface area (Å²) in [5.41, 5.74) is 0.474. The molecule has 1 N–H and O–H groups in total. The number of halogens is 1. The van der Waals surface area contributed by atoms with E-state index in [9.17, 15) is 14.4 Å². The van der Waals surface area contributed by atoms with Gasteiger partial charge in [0.2, 0.25) is 5.91 Å². The van der Waals surface area contributed by atoms with Crippen molar-refractivity contribution in [2.45, 2.75) is 18.9 Å². The second-order valence-corrected chi connectivity index (χ2v) is 5.28. The zero-order valence-electron chi connectivity index (χ0n) is 10.4. The number of imide groups is 1. The molecule has 1 saturated heterocycles. The summed E-state index contributed by atoms with van der Waals surface area (Å²) in [7, 11) is 1.43. The van der Waals surface area contributed by atoms with Gasteiger partial charge in [-0.15, -0.1) is 0 Å². The van der Waals surface area contributed by atoms with Crippen molar-refractivity contribution >= 4 is 33.7 Å². The van der Waals surface area contributed by atoms with Crippen LogP contribution in [0.15, 0.2) is 28.7 Å². The highest BCUT2D eigenvalue weighted by Gasteiger charge is 2.32. The molecule has 0 aliphatic carbocycles. The molecule has 1 aromatic rings. The van der Waals surface area contributed by atoms with Crippen molar-refractivity contribution in [3.63, 3.8) is 0 Å². The molecule has 0 radical (unpaired) electrons. The molecule has 0 aromatic heterocycles. The van der Waals surface area contributed by atoms with Crippen LogP contribution in [0.2, 0.25) is 0 Å². The molecule has 5 nitrogen and oxygen atoms in total. The Bertz CT molecular complexity index is 544. The van der Waals surface area contributed by atoms with E-state index in [2.05, 4.69) is 21.2 Å². The summed E-state index contributed by atoms with van der Waals surface area (Å²) in [5.74, 6) is -0.889. The topological polar surface area (TPSA) is 66.5 Å². The third-order valence-corrected chi connectivity index (χ3v) is 3.54. The van der Waals surface area contributed by atoms with E-state index in [1.54, 1.807) is 18.2 Å². The van der Waals surface area contributed by atoms with Gasteiger partial charge in [-0.05, 0) is 24.6 Å². The maximum absolute atomic E-state index is 12.0. The van der Waals surface area contributed by atoms with E-state index in [1.165, 1.54) is 7.05 Å². The second kappa shape index (κ2) is 5.52. The minimum atomic E-state index is -0.630. The lowest BCUT2D eigenvalue weighted by Crippen LogP contribution is -2.52. The molecular formula is C13H13BrN2O3. The molecular weight excluding hydrogens is 312 g/mol. The number of carbonyl (C=O) groups is 3. The maximum atomic E-state index is 12.0. The fraction of sp³-hybridized carbons (Fsp3) is 0.308. The van der Waals surface area contributed by atoms with Crippen LogP contribution < -0.4 is 5.32 Å². The molecule has 1 heterocycles. The minimum Gasteiger partial charge on any atom is -0.340 e. The number of nitrogens with zero attached hydrogens (tertiary/aromatic N) is 1. The molecule has 100 valence electrons. The monoisotopic (exact) mass is 324 g/mol. The first-order valence-corrected chi connectivity index (χ1v) is 6.65. The van der Waals surface area contributed by atoms with Crippen LogP contribution >= 0.6 is 15.9 Å². The fourth-order valence-corrected chi connectivity index (χ4v) is 2.32. The normalized spacial score (nSPS) is 19.5. The Morgan fingerprint density at radius 1 is 1.42 bits per heavy atom. The van der Waals surface area contributed by atoms with E-state index in [-0.39, 0.29) is 24.1 Å². The number of piperidine rings is 1. The first-order valence-electron chi connectivity index (χ1n) is 5.86. The highest BCUT2D eigenvalue weighted by molar-refractivity contribution is 9.10. The summed E-state index contributed by atoms with van der Waals surface area (Å²) < 4.78 is 0.794. The molecule has 1 atom stereocenters. The minimum absolute atomic E-state index is 0.210. The molecule has 19 heavy (non-hydrogen) atoms. The van der Waals surface area contributed by atoms with Gasteiger partial charge in [-0.3, -0.25) is 19.3 Å². The van der Waals surface area contributed by atoms with Gasteiger partial charge in [0.05, 0.1) is 0 Å². The Hall–Kier alpha value is -1.69. The van der Waals surface area contributed by atoms with Crippen molar-refractivity contribution in [1.29, 1.82) is 0 Å². The van der Waals surface area contributed by atoms with Gasteiger partial charge in [0.15, 0.2) is 0 Å². The van der Waals surface area contributed by atoms with Gasteiger partial charge in [-0.1, -0.05) is 22.0 Å². The zero-order chi connectivity index (χ0) is 14.0. The summed E-state index contributed by atoms with van der Waals surface area (Å²) in [6, 6.07) is 6.28. The van der Waals surface area contributed by atoms with E-state index in [1.807, 2.05) is 6.07 Å². The van der Waals surface area contributed by atoms with Crippen molar-refractivity contribution in [1.82, 2.24) is 10.2 Å². The van der Waals surface area contributed by atoms with Crippen molar-refractivity contribution in [2.75, 3.05) is 7.05 Å². The number of carbonyl (C=O) groups excluding carboxylic acids is 3. The number of likely N-dealkylation sites (N-methyl/N-ethyl adjacent to an activating group) is 1. The van der Waals surface area contributed by atoms with Crippen LogP contribution in [-0.4, -0.2) is 35.7 Å². The number of benzene rings is 1. The van der Waals surface area contributed by atoms with E-state index in [0.717, 1.165) is 9.37 Å². The van der Waals surface area contributed by atoms with E-state index in [0.29, 0.717) is 12.0 Å². The number of likely N-dealkylation sites (tertiary alicyclic amines) is 1. The molecule has 1 aromatic carbocycles. The third kappa shape index (κ3) is 3.01. The Labute approximate surface area is 119 Å². The molecule has 1 fully saturated rings. The fourth-order valence-electron chi connectivity index (χ4n) is 1.92. The Morgan fingerprint density at radius 3 is 2.84 bits per heavy atom. The average molecular weight is 325 g/mol. The number of nitrogens with one attached hydrogen (secondary N) is 1. The van der Waals surface area contributed by atoms with E-state index >= 15 is 0 Å². The lowest BCUT2D eigenvalue weighted by Gasteiger charge is -2.28. The van der Waals surface area contributed by atoms with Crippen molar-refractivity contribution in [2.24, 2.45) is 0 Å². The number of hydrogen-bond donors (Lipinski definition) is 1. The molecule has 0 saturated carbocycles. The van der Waals surface area contributed by atoms with Crippen LogP contribution in [-0.2, 0) is 9.59 Å². The Kier molecular flexibility index (Phi) is 3.99. The van der Waals surface area contributed by atoms with Gasteiger partial charge in [0.1, 0.15) is 6.04 Å². The number of rotatable bonds is 2. The summed E-state index contributed by atoms with van der Waals surface area (Å²) in [4.78, 5) is 36.3. The number of amides is 3. The van der Waals surface area contributed by atoms with Gasteiger partial charge in [0.25, 0.3) is 11.8 Å². The maximum Gasteiger partial charge on any atom is 0.251 e. The van der Waals surface area contributed by atoms with Gasteiger partial charge in [-0.25, -0.2) is 0 Å². The molecule has 2 rings (SSSR count). The summed E-state index contributed by atoms with van der Waals surface area (Å²) in [6.45, 7) is 0. The van der Waals surface area contributed by atoms with Crippen LogP contribution in [0, 0.1) is 0 Å². The van der Waals surface area contributed by atoms with Crippen molar-refractivity contribution < 1.29 is 14.4 Å². The van der Waals surface area contributed by atoms with E-state index in [4.69, 9.17) is 0 Å². The summed E-state index contributed by atoms with van der Waals surface area (Å²) in [5, 5.41) is 2.66. The van der Waals surface area contributed by atoms with Crippen LogP contribution in [0.4, 0.5) is 0 Å². The Balaban J connectivity index is 2.07. The molecule has 3 amide bonds. The molecule has 1 aliphatic rings. The molecule has 0 bridgehead atoms. The smallest absolute Gasteiger partial charge is 0.251 e. The largest absolute Gasteiger partial charge is 0.340 e.